The van der Waals surface area contributed by atoms with Gasteiger partial charge < -0.3 is 9.47 Å². The Morgan fingerprint density at radius 1 is 1.28 bits per heavy atom. The van der Waals surface area contributed by atoms with Crippen molar-refractivity contribution in [2.45, 2.75) is 51.7 Å². The third-order valence-corrected chi connectivity index (χ3v) is 2.84. The molecular formula is C13H23NO4. The van der Waals surface area contributed by atoms with Crippen molar-refractivity contribution >= 4 is 11.9 Å². The second kappa shape index (κ2) is 6.18. The number of methoxy groups -OCH3 is 1. The highest BCUT2D eigenvalue weighted by Gasteiger charge is 2.31. The molecule has 1 rings (SSSR count). The van der Waals surface area contributed by atoms with E-state index in [0.29, 0.717) is 0 Å². The maximum atomic E-state index is 11.8. The summed E-state index contributed by atoms with van der Waals surface area (Å²) in [5.74, 6) is -0.559. The molecule has 1 aliphatic rings. The van der Waals surface area contributed by atoms with E-state index in [1.807, 2.05) is 25.7 Å². The zero-order valence-electron chi connectivity index (χ0n) is 11.7. The Balaban J connectivity index is 2.57. The van der Waals surface area contributed by atoms with Gasteiger partial charge in [-0.15, -0.1) is 0 Å². The van der Waals surface area contributed by atoms with E-state index in [-0.39, 0.29) is 24.5 Å². The normalized spacial score (nSPS) is 21.4. The van der Waals surface area contributed by atoms with Crippen LogP contribution in [0.1, 0.15) is 40.0 Å². The quantitative estimate of drug-likeness (QED) is 0.714. The minimum atomic E-state index is -0.492. The first-order chi connectivity index (χ1) is 8.33. The fourth-order valence-electron chi connectivity index (χ4n) is 2.12. The molecule has 5 nitrogen and oxygen atoms in total. The molecule has 0 radical (unpaired) electrons. The summed E-state index contributed by atoms with van der Waals surface area (Å²) in [6.07, 6.45) is 2.73. The summed E-state index contributed by atoms with van der Waals surface area (Å²) in [5, 5.41) is 0. The van der Waals surface area contributed by atoms with Crippen LogP contribution in [0.4, 0.5) is 0 Å². The molecule has 1 aliphatic heterocycles. The number of nitrogens with zero attached hydrogens (tertiary/aromatic N) is 1. The Morgan fingerprint density at radius 2 is 1.94 bits per heavy atom. The minimum absolute atomic E-state index is 0.150. The molecule has 0 aromatic rings. The number of esters is 2. The van der Waals surface area contributed by atoms with Gasteiger partial charge >= 0.3 is 11.9 Å². The fourth-order valence-corrected chi connectivity index (χ4v) is 2.12. The maximum absolute atomic E-state index is 11.8. The van der Waals surface area contributed by atoms with Gasteiger partial charge in [-0.05, 0) is 40.2 Å². The van der Waals surface area contributed by atoms with Crippen molar-refractivity contribution < 1.29 is 19.1 Å². The SMILES string of the molecule is COC(=O)C1CCCCN1CC(=O)OC(C)(C)C. The molecule has 1 fully saturated rings. The number of piperidine rings is 1. The summed E-state index contributed by atoms with van der Waals surface area (Å²) in [5.41, 5.74) is -0.492. The van der Waals surface area contributed by atoms with E-state index in [9.17, 15) is 9.59 Å². The highest BCUT2D eigenvalue weighted by atomic mass is 16.6. The number of likely N-dealkylation sites (tertiary alicyclic amines) is 1. The molecule has 1 heterocycles. The molecule has 1 atom stereocenters. The molecular weight excluding hydrogens is 234 g/mol. The molecule has 18 heavy (non-hydrogen) atoms. The standard InChI is InChI=1S/C13H23NO4/c1-13(2,3)18-11(15)9-14-8-6-5-7-10(14)12(16)17-4/h10H,5-9H2,1-4H3. The van der Waals surface area contributed by atoms with Crippen LogP contribution in [0.2, 0.25) is 0 Å². The van der Waals surface area contributed by atoms with Crippen LogP contribution in [-0.2, 0) is 19.1 Å². The molecule has 0 amide bonds. The summed E-state index contributed by atoms with van der Waals surface area (Å²) < 4.78 is 10.0. The number of carbonyl (C=O) groups excluding carboxylic acids is 2. The lowest BCUT2D eigenvalue weighted by atomic mass is 10.0. The number of carbonyl (C=O) groups is 2. The van der Waals surface area contributed by atoms with E-state index in [0.717, 1.165) is 25.8 Å². The summed E-state index contributed by atoms with van der Waals surface area (Å²) in [6.45, 7) is 6.38. The lowest BCUT2D eigenvalue weighted by Gasteiger charge is -2.33. The molecule has 1 unspecified atom stereocenters. The first-order valence-corrected chi connectivity index (χ1v) is 6.37. The van der Waals surface area contributed by atoms with Gasteiger partial charge in [0.05, 0.1) is 13.7 Å². The van der Waals surface area contributed by atoms with Gasteiger partial charge in [-0.2, -0.15) is 0 Å². The zero-order chi connectivity index (χ0) is 13.8. The van der Waals surface area contributed by atoms with Gasteiger partial charge in [0.15, 0.2) is 0 Å². The molecule has 0 saturated carbocycles. The summed E-state index contributed by atoms with van der Waals surface area (Å²) in [6, 6.07) is -0.309. The smallest absolute Gasteiger partial charge is 0.323 e. The third-order valence-electron chi connectivity index (χ3n) is 2.84. The summed E-state index contributed by atoms with van der Waals surface area (Å²) in [7, 11) is 1.38. The number of hydrogen-bond donors (Lipinski definition) is 0. The summed E-state index contributed by atoms with van der Waals surface area (Å²) in [4.78, 5) is 25.2. The van der Waals surface area contributed by atoms with Crippen molar-refractivity contribution in [1.29, 1.82) is 0 Å². The second-order valence-electron chi connectivity index (χ2n) is 5.59. The van der Waals surface area contributed by atoms with Gasteiger partial charge in [0.2, 0.25) is 0 Å². The third kappa shape index (κ3) is 4.64. The average Bonchev–Trinajstić information content (AvgIpc) is 2.26. The molecule has 0 aliphatic carbocycles. The Kier molecular flexibility index (Phi) is 5.14. The Labute approximate surface area is 108 Å². The van der Waals surface area contributed by atoms with Crippen LogP contribution in [0.5, 0.6) is 0 Å². The molecule has 0 aromatic carbocycles. The van der Waals surface area contributed by atoms with Gasteiger partial charge in [-0.3, -0.25) is 14.5 Å². The van der Waals surface area contributed by atoms with Crippen LogP contribution >= 0.6 is 0 Å². The monoisotopic (exact) mass is 257 g/mol. The van der Waals surface area contributed by atoms with Gasteiger partial charge in [0.1, 0.15) is 11.6 Å². The molecule has 0 bridgehead atoms. The minimum Gasteiger partial charge on any atom is -0.468 e. The topological polar surface area (TPSA) is 55.8 Å². The van der Waals surface area contributed by atoms with Crippen LogP contribution in [0.15, 0.2) is 0 Å². The lowest BCUT2D eigenvalue weighted by molar-refractivity contribution is -0.159. The number of rotatable bonds is 3. The first-order valence-electron chi connectivity index (χ1n) is 6.37. The van der Waals surface area contributed by atoms with E-state index >= 15 is 0 Å². The molecule has 1 saturated heterocycles. The predicted molar refractivity (Wildman–Crippen MR) is 67.1 cm³/mol. The van der Waals surface area contributed by atoms with E-state index in [1.54, 1.807) is 0 Å². The molecule has 104 valence electrons. The second-order valence-corrected chi connectivity index (χ2v) is 5.59. The molecule has 0 aromatic heterocycles. The van der Waals surface area contributed by atoms with Crippen molar-refractivity contribution in [1.82, 2.24) is 4.90 Å². The average molecular weight is 257 g/mol. The number of hydrogen-bond acceptors (Lipinski definition) is 5. The Hall–Kier alpha value is -1.10. The predicted octanol–water partition coefficient (Wildman–Crippen LogP) is 1.36. The van der Waals surface area contributed by atoms with Crippen molar-refractivity contribution in [3.05, 3.63) is 0 Å². The van der Waals surface area contributed by atoms with Crippen molar-refractivity contribution in [3.63, 3.8) is 0 Å². The van der Waals surface area contributed by atoms with Crippen molar-refractivity contribution in [2.75, 3.05) is 20.2 Å². The first kappa shape index (κ1) is 15.0. The molecule has 0 spiro atoms. The zero-order valence-corrected chi connectivity index (χ0v) is 11.7. The van der Waals surface area contributed by atoms with Crippen LogP contribution in [0, 0.1) is 0 Å². The van der Waals surface area contributed by atoms with Crippen LogP contribution < -0.4 is 0 Å². The van der Waals surface area contributed by atoms with Gasteiger partial charge in [-0.25, -0.2) is 0 Å². The fraction of sp³-hybridized carbons (Fsp3) is 0.846. The number of ether oxygens (including phenoxy) is 2. The maximum Gasteiger partial charge on any atom is 0.323 e. The molecule has 0 N–H and O–H groups in total. The van der Waals surface area contributed by atoms with Crippen LogP contribution in [0.3, 0.4) is 0 Å². The van der Waals surface area contributed by atoms with Crippen LogP contribution in [0.25, 0.3) is 0 Å². The lowest BCUT2D eigenvalue weighted by Crippen LogP contribution is -2.48. The van der Waals surface area contributed by atoms with Crippen LogP contribution in [-0.4, -0.2) is 48.7 Å². The van der Waals surface area contributed by atoms with Crippen molar-refractivity contribution in [2.24, 2.45) is 0 Å². The Morgan fingerprint density at radius 3 is 2.50 bits per heavy atom. The molecule has 5 heteroatoms. The van der Waals surface area contributed by atoms with Gasteiger partial charge in [0, 0.05) is 0 Å². The highest BCUT2D eigenvalue weighted by Crippen LogP contribution is 2.18. The van der Waals surface area contributed by atoms with E-state index in [4.69, 9.17) is 9.47 Å². The highest BCUT2D eigenvalue weighted by molar-refractivity contribution is 5.78. The summed E-state index contributed by atoms with van der Waals surface area (Å²) >= 11 is 0. The Bertz CT molecular complexity index is 309. The largest absolute Gasteiger partial charge is 0.468 e. The van der Waals surface area contributed by atoms with E-state index in [2.05, 4.69) is 0 Å². The van der Waals surface area contributed by atoms with E-state index in [1.165, 1.54) is 7.11 Å². The van der Waals surface area contributed by atoms with Gasteiger partial charge in [-0.1, -0.05) is 6.42 Å². The van der Waals surface area contributed by atoms with Crippen molar-refractivity contribution in [3.8, 4) is 0 Å². The van der Waals surface area contributed by atoms with Gasteiger partial charge in [0.25, 0.3) is 0 Å². The van der Waals surface area contributed by atoms with E-state index < -0.39 is 5.60 Å².